The average Bonchev–Trinajstić information content (AvgIpc) is 2.60. The van der Waals surface area contributed by atoms with Crippen LogP contribution in [0.1, 0.15) is 11.1 Å². The maximum absolute atomic E-state index is 12.8. The number of carbonyl (C=O) groups excluding carboxylic acids is 3. The van der Waals surface area contributed by atoms with Gasteiger partial charge < -0.3 is 4.90 Å². The van der Waals surface area contributed by atoms with Gasteiger partial charge in [-0.3, -0.25) is 14.9 Å². The van der Waals surface area contributed by atoms with Crippen molar-refractivity contribution in [2.75, 3.05) is 23.9 Å². The van der Waals surface area contributed by atoms with Gasteiger partial charge in [-0.1, -0.05) is 29.8 Å². The van der Waals surface area contributed by atoms with Crippen molar-refractivity contribution < 1.29 is 14.4 Å². The van der Waals surface area contributed by atoms with Crippen LogP contribution in [0.3, 0.4) is 0 Å². The number of carbonyl (C=O) groups is 3. The van der Waals surface area contributed by atoms with Crippen molar-refractivity contribution in [2.24, 2.45) is 0 Å². The molecular weight excluding hydrogens is 330 g/mol. The second-order valence-electron chi connectivity index (χ2n) is 6.28. The van der Waals surface area contributed by atoms with Crippen molar-refractivity contribution in [1.82, 2.24) is 5.32 Å². The highest BCUT2D eigenvalue weighted by atomic mass is 16.2. The molecule has 1 fully saturated rings. The third-order valence-corrected chi connectivity index (χ3v) is 4.11. The Hall–Kier alpha value is -3.41. The fourth-order valence-electron chi connectivity index (χ4n) is 2.62. The summed E-state index contributed by atoms with van der Waals surface area (Å²) in [4.78, 5) is 40.0. The maximum atomic E-state index is 12.8. The van der Waals surface area contributed by atoms with Crippen molar-refractivity contribution >= 4 is 35.3 Å². The van der Waals surface area contributed by atoms with E-state index in [1.165, 1.54) is 6.08 Å². The van der Waals surface area contributed by atoms with E-state index in [-0.39, 0.29) is 5.57 Å². The normalized spacial score (nSPS) is 16.0. The lowest BCUT2D eigenvalue weighted by Crippen LogP contribution is -2.54. The molecule has 0 spiro atoms. The van der Waals surface area contributed by atoms with Crippen molar-refractivity contribution in [2.45, 2.75) is 6.92 Å². The molecule has 1 heterocycles. The molecule has 0 saturated carbocycles. The largest absolute Gasteiger partial charge is 0.378 e. The molecule has 0 aromatic heterocycles. The van der Waals surface area contributed by atoms with Gasteiger partial charge >= 0.3 is 6.03 Å². The first-order valence-corrected chi connectivity index (χ1v) is 8.12. The van der Waals surface area contributed by atoms with Crippen LogP contribution in [-0.4, -0.2) is 31.9 Å². The Labute approximate surface area is 151 Å². The summed E-state index contributed by atoms with van der Waals surface area (Å²) in [7, 11) is 3.85. The first-order chi connectivity index (χ1) is 12.4. The lowest BCUT2D eigenvalue weighted by atomic mass is 10.1. The van der Waals surface area contributed by atoms with E-state index in [9.17, 15) is 14.4 Å². The summed E-state index contributed by atoms with van der Waals surface area (Å²) in [6.07, 6.45) is 1.49. The van der Waals surface area contributed by atoms with Gasteiger partial charge in [-0.15, -0.1) is 0 Å². The van der Waals surface area contributed by atoms with E-state index >= 15 is 0 Å². The number of barbiturate groups is 1. The molecule has 1 saturated heterocycles. The zero-order chi connectivity index (χ0) is 18.8. The Morgan fingerprint density at radius 3 is 2.12 bits per heavy atom. The molecule has 3 rings (SSSR count). The molecule has 1 N–H and O–H groups in total. The number of imide groups is 2. The van der Waals surface area contributed by atoms with Crippen molar-refractivity contribution in [3.63, 3.8) is 0 Å². The molecule has 26 heavy (non-hydrogen) atoms. The Morgan fingerprint density at radius 1 is 0.923 bits per heavy atom. The first-order valence-electron chi connectivity index (χ1n) is 8.12. The summed E-state index contributed by atoms with van der Waals surface area (Å²) >= 11 is 0. The van der Waals surface area contributed by atoms with Gasteiger partial charge in [0.1, 0.15) is 5.57 Å². The number of hydrogen-bond donors (Lipinski definition) is 1. The Morgan fingerprint density at radius 2 is 1.54 bits per heavy atom. The van der Waals surface area contributed by atoms with E-state index in [1.54, 1.807) is 24.3 Å². The summed E-state index contributed by atoms with van der Waals surface area (Å²) in [6, 6.07) is 13.6. The quantitative estimate of drug-likeness (QED) is 0.683. The van der Waals surface area contributed by atoms with Crippen LogP contribution in [0.25, 0.3) is 6.08 Å². The monoisotopic (exact) mass is 349 g/mol. The summed E-state index contributed by atoms with van der Waals surface area (Å²) in [6.45, 7) is 1.91. The van der Waals surface area contributed by atoms with Crippen molar-refractivity contribution in [1.29, 1.82) is 0 Å². The van der Waals surface area contributed by atoms with Gasteiger partial charge in [-0.05, 0) is 42.8 Å². The molecule has 2 aromatic rings. The van der Waals surface area contributed by atoms with Gasteiger partial charge in [-0.25, -0.2) is 9.69 Å². The molecule has 0 bridgehead atoms. The molecule has 4 amide bonds. The summed E-state index contributed by atoms with van der Waals surface area (Å²) in [5.41, 5.74) is 3.05. The predicted molar refractivity (Wildman–Crippen MR) is 101 cm³/mol. The molecule has 0 atom stereocenters. The number of amides is 4. The number of nitrogens with zero attached hydrogens (tertiary/aromatic N) is 2. The minimum Gasteiger partial charge on any atom is -0.378 e. The van der Waals surface area contributed by atoms with Gasteiger partial charge in [0.2, 0.25) is 0 Å². The second-order valence-corrected chi connectivity index (χ2v) is 6.28. The topological polar surface area (TPSA) is 69.7 Å². The number of benzene rings is 2. The van der Waals surface area contributed by atoms with Crippen molar-refractivity contribution in [3.05, 3.63) is 65.2 Å². The Balaban J connectivity index is 1.95. The van der Waals surface area contributed by atoms with E-state index < -0.39 is 17.8 Å². The zero-order valence-corrected chi connectivity index (χ0v) is 14.8. The SMILES string of the molecule is Cc1ccc(N2C(=O)NC(=O)C(=Cc3ccc(N(C)C)cc3)C2=O)cc1. The zero-order valence-electron chi connectivity index (χ0n) is 14.8. The van der Waals surface area contributed by atoms with Crippen LogP contribution in [-0.2, 0) is 9.59 Å². The fourth-order valence-corrected chi connectivity index (χ4v) is 2.62. The van der Waals surface area contributed by atoms with E-state index in [0.29, 0.717) is 11.3 Å². The lowest BCUT2D eigenvalue weighted by molar-refractivity contribution is -0.122. The van der Waals surface area contributed by atoms with Crippen LogP contribution < -0.4 is 15.1 Å². The molecule has 6 heteroatoms. The summed E-state index contributed by atoms with van der Waals surface area (Å²) in [5, 5.41) is 2.22. The molecule has 0 radical (unpaired) electrons. The molecule has 2 aromatic carbocycles. The lowest BCUT2D eigenvalue weighted by Gasteiger charge is -2.26. The maximum Gasteiger partial charge on any atom is 0.335 e. The number of nitrogens with one attached hydrogen (secondary N) is 1. The molecule has 132 valence electrons. The smallest absolute Gasteiger partial charge is 0.335 e. The fraction of sp³-hybridized carbons (Fsp3) is 0.150. The minimum absolute atomic E-state index is 0.0808. The van der Waals surface area contributed by atoms with Crippen LogP contribution in [0.4, 0.5) is 16.2 Å². The molecule has 0 aliphatic carbocycles. The number of aryl methyl sites for hydroxylation is 1. The van der Waals surface area contributed by atoms with Crippen LogP contribution >= 0.6 is 0 Å². The van der Waals surface area contributed by atoms with Crippen LogP contribution in [0.15, 0.2) is 54.1 Å². The number of anilines is 2. The predicted octanol–water partition coefficient (Wildman–Crippen LogP) is 2.73. The highest BCUT2D eigenvalue weighted by molar-refractivity contribution is 6.39. The van der Waals surface area contributed by atoms with Gasteiger partial charge in [-0.2, -0.15) is 0 Å². The number of urea groups is 1. The van der Waals surface area contributed by atoms with E-state index in [2.05, 4.69) is 5.32 Å². The van der Waals surface area contributed by atoms with Gasteiger partial charge in [0.05, 0.1) is 5.69 Å². The molecule has 1 aliphatic heterocycles. The number of hydrogen-bond acceptors (Lipinski definition) is 4. The van der Waals surface area contributed by atoms with Gasteiger partial charge in [0.25, 0.3) is 11.8 Å². The molecule has 0 unspecified atom stereocenters. The van der Waals surface area contributed by atoms with Crippen molar-refractivity contribution in [3.8, 4) is 0 Å². The van der Waals surface area contributed by atoms with Gasteiger partial charge in [0.15, 0.2) is 0 Å². The van der Waals surface area contributed by atoms with Crippen LogP contribution in [0.5, 0.6) is 0 Å². The van der Waals surface area contributed by atoms with E-state index in [4.69, 9.17) is 0 Å². The second kappa shape index (κ2) is 6.84. The van der Waals surface area contributed by atoms with Crippen LogP contribution in [0, 0.1) is 6.92 Å². The summed E-state index contributed by atoms with van der Waals surface area (Å²) in [5.74, 6) is -1.33. The Bertz CT molecular complexity index is 897. The van der Waals surface area contributed by atoms with Crippen LogP contribution in [0.2, 0.25) is 0 Å². The highest BCUT2D eigenvalue weighted by Gasteiger charge is 2.36. The molecule has 1 aliphatic rings. The third-order valence-electron chi connectivity index (χ3n) is 4.11. The standard InChI is InChI=1S/C20H19N3O3/c1-13-4-8-16(9-5-13)23-19(25)17(18(24)21-20(23)26)12-14-6-10-15(11-7-14)22(2)3/h4-12H,1-3H3,(H,21,24,26). The highest BCUT2D eigenvalue weighted by Crippen LogP contribution is 2.23. The number of rotatable bonds is 3. The third kappa shape index (κ3) is 3.35. The first kappa shape index (κ1) is 17.4. The van der Waals surface area contributed by atoms with Gasteiger partial charge in [0, 0.05) is 19.8 Å². The Kier molecular flexibility index (Phi) is 4.58. The molecule has 6 nitrogen and oxygen atoms in total. The van der Waals surface area contributed by atoms with E-state index in [0.717, 1.165) is 16.2 Å². The van der Waals surface area contributed by atoms with E-state index in [1.807, 2.05) is 50.2 Å². The molecular formula is C20H19N3O3. The minimum atomic E-state index is -0.746. The average molecular weight is 349 g/mol. The summed E-state index contributed by atoms with van der Waals surface area (Å²) < 4.78 is 0.